The van der Waals surface area contributed by atoms with Crippen molar-refractivity contribution >= 4 is 17.4 Å². The predicted octanol–water partition coefficient (Wildman–Crippen LogP) is 3.78. The topological polar surface area (TPSA) is 70.0 Å². The molecule has 0 aliphatic heterocycles. The van der Waals surface area contributed by atoms with E-state index in [2.05, 4.69) is 5.32 Å². The first-order valence-corrected chi connectivity index (χ1v) is 7.40. The van der Waals surface area contributed by atoms with Crippen LogP contribution in [-0.4, -0.2) is 11.7 Å². The van der Waals surface area contributed by atoms with Gasteiger partial charge in [-0.2, -0.15) is 5.26 Å². The average molecular weight is 306 g/mol. The monoisotopic (exact) mass is 306 g/mol. The maximum absolute atomic E-state index is 12.1. The lowest BCUT2D eigenvalue weighted by Gasteiger charge is -2.06. The Morgan fingerprint density at radius 1 is 1.04 bits per heavy atom. The number of hydrogen-bond donors (Lipinski definition) is 1. The molecule has 116 valence electrons. The van der Waals surface area contributed by atoms with Gasteiger partial charge in [0.1, 0.15) is 0 Å². The van der Waals surface area contributed by atoms with E-state index in [4.69, 9.17) is 5.26 Å². The smallest absolute Gasteiger partial charge is 0.224 e. The van der Waals surface area contributed by atoms with Gasteiger partial charge in [-0.25, -0.2) is 0 Å². The minimum absolute atomic E-state index is 0.0472. The quantitative estimate of drug-likeness (QED) is 0.855. The fourth-order valence-corrected chi connectivity index (χ4v) is 2.18. The summed E-state index contributed by atoms with van der Waals surface area (Å²) in [6.07, 6.45) is 0.273. The van der Waals surface area contributed by atoms with Crippen LogP contribution in [0, 0.1) is 25.2 Å². The number of carbonyl (C=O) groups is 2. The van der Waals surface area contributed by atoms with Crippen LogP contribution in [-0.2, 0) is 4.79 Å². The minimum Gasteiger partial charge on any atom is -0.326 e. The third-order valence-corrected chi connectivity index (χ3v) is 3.68. The van der Waals surface area contributed by atoms with Crippen LogP contribution in [0.5, 0.6) is 0 Å². The first-order valence-electron chi connectivity index (χ1n) is 7.40. The average Bonchev–Trinajstić information content (AvgIpc) is 2.55. The lowest BCUT2D eigenvalue weighted by Crippen LogP contribution is -2.13. The van der Waals surface area contributed by atoms with Gasteiger partial charge >= 0.3 is 0 Å². The molecule has 0 aliphatic carbocycles. The summed E-state index contributed by atoms with van der Waals surface area (Å²) in [7, 11) is 0. The molecule has 0 unspecified atom stereocenters. The summed E-state index contributed by atoms with van der Waals surface area (Å²) in [5, 5.41) is 11.5. The maximum Gasteiger partial charge on any atom is 0.224 e. The van der Waals surface area contributed by atoms with Gasteiger partial charge in [0.05, 0.1) is 11.6 Å². The van der Waals surface area contributed by atoms with Gasteiger partial charge in [0.2, 0.25) is 5.91 Å². The number of aryl methyl sites for hydroxylation is 2. The number of benzene rings is 2. The summed E-state index contributed by atoms with van der Waals surface area (Å²) in [5.41, 5.74) is 3.87. The second kappa shape index (κ2) is 7.37. The van der Waals surface area contributed by atoms with Crippen LogP contribution >= 0.6 is 0 Å². The molecule has 0 heterocycles. The number of amides is 1. The van der Waals surface area contributed by atoms with Crippen molar-refractivity contribution in [2.75, 3.05) is 5.32 Å². The molecule has 0 bridgehead atoms. The summed E-state index contributed by atoms with van der Waals surface area (Å²) < 4.78 is 0. The van der Waals surface area contributed by atoms with Gasteiger partial charge in [0, 0.05) is 24.1 Å². The van der Waals surface area contributed by atoms with Crippen LogP contribution in [0.1, 0.15) is 39.9 Å². The second-order valence-electron chi connectivity index (χ2n) is 5.46. The maximum atomic E-state index is 12.1. The fraction of sp³-hybridized carbons (Fsp3) is 0.211. The number of ketones is 1. The van der Waals surface area contributed by atoms with Crippen molar-refractivity contribution in [1.82, 2.24) is 0 Å². The molecule has 0 spiro atoms. The zero-order valence-corrected chi connectivity index (χ0v) is 13.2. The van der Waals surface area contributed by atoms with Crippen molar-refractivity contribution in [3.63, 3.8) is 0 Å². The number of nitriles is 1. The highest BCUT2D eigenvalue weighted by Gasteiger charge is 2.10. The summed E-state index contributed by atoms with van der Waals surface area (Å²) in [5.74, 6) is -0.286. The molecule has 23 heavy (non-hydrogen) atoms. The number of nitrogens with one attached hydrogen (secondary N) is 1. The number of anilines is 1. The van der Waals surface area contributed by atoms with Crippen molar-refractivity contribution in [2.24, 2.45) is 0 Å². The summed E-state index contributed by atoms with van der Waals surface area (Å²) >= 11 is 0. The zero-order valence-electron chi connectivity index (χ0n) is 13.2. The van der Waals surface area contributed by atoms with E-state index in [0.717, 1.165) is 11.1 Å². The standard InChI is InChI=1S/C19H18N2O2/c1-13-6-7-16(10-14(13)2)18(22)8-9-19(23)21-17-5-3-4-15(11-17)12-20/h3-7,10-11H,8-9H2,1-2H3,(H,21,23). The van der Waals surface area contributed by atoms with Crippen LogP contribution in [0.3, 0.4) is 0 Å². The highest BCUT2D eigenvalue weighted by molar-refractivity contribution is 6.00. The second-order valence-corrected chi connectivity index (χ2v) is 5.46. The van der Waals surface area contributed by atoms with Crippen molar-refractivity contribution in [3.8, 4) is 6.07 Å². The molecule has 0 saturated heterocycles. The number of carbonyl (C=O) groups excluding carboxylic acids is 2. The Morgan fingerprint density at radius 3 is 2.52 bits per heavy atom. The lowest BCUT2D eigenvalue weighted by molar-refractivity contribution is -0.116. The van der Waals surface area contributed by atoms with E-state index in [-0.39, 0.29) is 24.5 Å². The van der Waals surface area contributed by atoms with E-state index >= 15 is 0 Å². The normalized spacial score (nSPS) is 9.96. The Kier molecular flexibility index (Phi) is 5.27. The first kappa shape index (κ1) is 16.4. The summed E-state index contributed by atoms with van der Waals surface area (Å²) in [6.45, 7) is 3.95. The molecular formula is C19H18N2O2. The number of Topliss-reactive ketones (excluding diaryl/α,β-unsaturated/α-hetero) is 1. The van der Waals surface area contributed by atoms with Gasteiger partial charge in [0.25, 0.3) is 0 Å². The minimum atomic E-state index is -0.239. The molecule has 2 aromatic carbocycles. The fourth-order valence-electron chi connectivity index (χ4n) is 2.18. The van der Waals surface area contributed by atoms with Crippen molar-refractivity contribution in [3.05, 3.63) is 64.7 Å². The molecule has 4 nitrogen and oxygen atoms in total. The number of rotatable bonds is 5. The van der Waals surface area contributed by atoms with Crippen LogP contribution in [0.4, 0.5) is 5.69 Å². The predicted molar refractivity (Wildman–Crippen MR) is 89.3 cm³/mol. The van der Waals surface area contributed by atoms with Gasteiger partial charge in [-0.15, -0.1) is 0 Å². The van der Waals surface area contributed by atoms with E-state index in [1.54, 1.807) is 30.3 Å². The van der Waals surface area contributed by atoms with Crippen molar-refractivity contribution in [2.45, 2.75) is 26.7 Å². The van der Waals surface area contributed by atoms with E-state index in [9.17, 15) is 9.59 Å². The molecule has 0 radical (unpaired) electrons. The third-order valence-electron chi connectivity index (χ3n) is 3.68. The van der Waals surface area contributed by atoms with Crippen LogP contribution in [0.25, 0.3) is 0 Å². The molecular weight excluding hydrogens is 288 g/mol. The molecule has 0 fully saturated rings. The highest BCUT2D eigenvalue weighted by Crippen LogP contribution is 2.14. The van der Waals surface area contributed by atoms with E-state index < -0.39 is 0 Å². The largest absolute Gasteiger partial charge is 0.326 e. The molecule has 4 heteroatoms. The van der Waals surface area contributed by atoms with Crippen LogP contribution in [0.15, 0.2) is 42.5 Å². The molecule has 1 amide bonds. The van der Waals surface area contributed by atoms with Gasteiger partial charge in [-0.3, -0.25) is 9.59 Å². The first-order chi connectivity index (χ1) is 11.0. The Labute approximate surface area is 135 Å². The SMILES string of the molecule is Cc1ccc(C(=O)CCC(=O)Nc2cccc(C#N)c2)cc1C. The summed E-state index contributed by atoms with van der Waals surface area (Å²) in [6, 6.07) is 14.3. The van der Waals surface area contributed by atoms with Gasteiger partial charge in [-0.05, 0) is 49.2 Å². The Hall–Kier alpha value is -2.93. The molecule has 0 saturated carbocycles. The molecule has 2 aromatic rings. The molecule has 1 N–H and O–H groups in total. The molecule has 0 aliphatic rings. The van der Waals surface area contributed by atoms with Crippen molar-refractivity contribution < 1.29 is 9.59 Å². The van der Waals surface area contributed by atoms with E-state index in [1.807, 2.05) is 32.0 Å². The van der Waals surface area contributed by atoms with E-state index in [1.165, 1.54) is 0 Å². The number of hydrogen-bond acceptors (Lipinski definition) is 3. The zero-order chi connectivity index (χ0) is 16.8. The van der Waals surface area contributed by atoms with Crippen molar-refractivity contribution in [1.29, 1.82) is 5.26 Å². The van der Waals surface area contributed by atoms with Crippen LogP contribution < -0.4 is 5.32 Å². The Balaban J connectivity index is 1.92. The van der Waals surface area contributed by atoms with Gasteiger partial charge < -0.3 is 5.32 Å². The Morgan fingerprint density at radius 2 is 1.83 bits per heavy atom. The highest BCUT2D eigenvalue weighted by atomic mass is 16.2. The number of nitrogens with zero attached hydrogens (tertiary/aromatic N) is 1. The molecule has 0 atom stereocenters. The van der Waals surface area contributed by atoms with Crippen LogP contribution in [0.2, 0.25) is 0 Å². The van der Waals surface area contributed by atoms with Gasteiger partial charge in [0.15, 0.2) is 5.78 Å². The molecule has 0 aromatic heterocycles. The van der Waals surface area contributed by atoms with E-state index in [0.29, 0.717) is 16.8 Å². The summed E-state index contributed by atoms with van der Waals surface area (Å²) in [4.78, 5) is 24.1. The lowest BCUT2D eigenvalue weighted by atomic mass is 10.0. The Bertz CT molecular complexity index is 788. The third kappa shape index (κ3) is 4.52. The van der Waals surface area contributed by atoms with Gasteiger partial charge in [-0.1, -0.05) is 18.2 Å². The molecule has 2 rings (SSSR count).